The first-order valence-corrected chi connectivity index (χ1v) is 5.33. The Morgan fingerprint density at radius 2 is 2.20 bits per heavy atom. The number of carbonyl (C=O) groups excluding carboxylic acids is 1. The highest BCUT2D eigenvalue weighted by Gasteiger charge is 2.18. The van der Waals surface area contributed by atoms with E-state index in [2.05, 4.69) is 0 Å². The third kappa shape index (κ3) is 4.67. The first-order chi connectivity index (χ1) is 7.20. The highest BCUT2D eigenvalue weighted by molar-refractivity contribution is 5.68. The fourth-order valence-electron chi connectivity index (χ4n) is 1.56. The molecule has 0 aliphatic carbocycles. The highest BCUT2D eigenvalue weighted by Crippen LogP contribution is 2.07. The van der Waals surface area contributed by atoms with Crippen molar-refractivity contribution in [2.75, 3.05) is 19.7 Å². The van der Waals surface area contributed by atoms with Crippen LogP contribution in [-0.4, -0.2) is 41.8 Å². The van der Waals surface area contributed by atoms with E-state index in [1.807, 2.05) is 0 Å². The summed E-state index contributed by atoms with van der Waals surface area (Å²) in [6.45, 7) is 1.96. The molecule has 0 aromatic heterocycles. The molecule has 0 bridgehead atoms. The Kier molecular flexibility index (Phi) is 4.93. The minimum atomic E-state index is -0.757. The monoisotopic (exact) mass is 215 g/mol. The van der Waals surface area contributed by atoms with Crippen molar-refractivity contribution in [1.82, 2.24) is 4.90 Å². The van der Waals surface area contributed by atoms with E-state index in [-0.39, 0.29) is 12.5 Å². The zero-order valence-electron chi connectivity index (χ0n) is 8.78. The number of aliphatic carboxylic acids is 1. The molecule has 1 amide bonds. The van der Waals surface area contributed by atoms with Crippen LogP contribution in [0.15, 0.2) is 0 Å². The molecule has 0 aromatic carbocycles. The number of cyclic esters (lactones) is 1. The van der Waals surface area contributed by atoms with Gasteiger partial charge in [-0.05, 0) is 19.3 Å². The molecular formula is C10H17NO4. The van der Waals surface area contributed by atoms with Crippen LogP contribution < -0.4 is 0 Å². The second-order valence-corrected chi connectivity index (χ2v) is 3.66. The average molecular weight is 215 g/mol. The van der Waals surface area contributed by atoms with Gasteiger partial charge in [-0.2, -0.15) is 0 Å². The molecule has 0 unspecified atom stereocenters. The minimum Gasteiger partial charge on any atom is -0.481 e. The van der Waals surface area contributed by atoms with Crippen molar-refractivity contribution in [3.63, 3.8) is 0 Å². The van der Waals surface area contributed by atoms with Crippen molar-refractivity contribution < 1.29 is 19.4 Å². The topological polar surface area (TPSA) is 66.8 Å². The number of carboxylic acid groups (broad SMARTS) is 1. The molecule has 5 nitrogen and oxygen atoms in total. The van der Waals surface area contributed by atoms with Gasteiger partial charge in [0.1, 0.15) is 0 Å². The number of nitrogens with zero attached hydrogens (tertiary/aromatic N) is 1. The summed E-state index contributed by atoms with van der Waals surface area (Å²) in [6.07, 6.45) is 3.24. The average Bonchev–Trinajstić information content (AvgIpc) is 2.20. The summed E-state index contributed by atoms with van der Waals surface area (Å²) in [4.78, 5) is 23.1. The van der Waals surface area contributed by atoms with Crippen LogP contribution in [0.2, 0.25) is 0 Å². The van der Waals surface area contributed by atoms with Crippen LogP contribution in [0, 0.1) is 0 Å². The summed E-state index contributed by atoms with van der Waals surface area (Å²) < 4.78 is 4.88. The molecule has 5 heteroatoms. The van der Waals surface area contributed by atoms with Crippen LogP contribution in [0.25, 0.3) is 0 Å². The fraction of sp³-hybridized carbons (Fsp3) is 0.800. The molecule has 0 aromatic rings. The second kappa shape index (κ2) is 6.27. The zero-order chi connectivity index (χ0) is 11.1. The van der Waals surface area contributed by atoms with Gasteiger partial charge in [-0.3, -0.25) is 4.79 Å². The van der Waals surface area contributed by atoms with Gasteiger partial charge in [-0.25, -0.2) is 4.79 Å². The number of hydrogen-bond acceptors (Lipinski definition) is 3. The molecule has 0 spiro atoms. The van der Waals surface area contributed by atoms with E-state index in [1.54, 1.807) is 4.90 Å². The Morgan fingerprint density at radius 3 is 2.87 bits per heavy atom. The van der Waals surface area contributed by atoms with E-state index < -0.39 is 5.97 Å². The maximum Gasteiger partial charge on any atom is 0.409 e. The summed E-state index contributed by atoms with van der Waals surface area (Å²) in [5.41, 5.74) is 0. The standard InChI is InChI=1S/C10H17NO4/c12-9(13)5-2-1-3-6-11-7-4-8-15-10(11)14/h1-8H2,(H,12,13). The third-order valence-corrected chi connectivity index (χ3v) is 2.37. The molecule has 1 aliphatic rings. The lowest BCUT2D eigenvalue weighted by Gasteiger charge is -2.26. The van der Waals surface area contributed by atoms with Gasteiger partial charge in [-0.1, -0.05) is 6.42 Å². The lowest BCUT2D eigenvalue weighted by atomic mass is 10.2. The molecule has 1 aliphatic heterocycles. The number of hydrogen-bond donors (Lipinski definition) is 1. The van der Waals surface area contributed by atoms with E-state index in [9.17, 15) is 9.59 Å². The molecule has 86 valence electrons. The predicted molar refractivity (Wildman–Crippen MR) is 53.6 cm³/mol. The SMILES string of the molecule is O=C(O)CCCCCN1CCCOC1=O. The van der Waals surface area contributed by atoms with Gasteiger partial charge < -0.3 is 14.7 Å². The van der Waals surface area contributed by atoms with Crippen molar-refractivity contribution in [2.24, 2.45) is 0 Å². The van der Waals surface area contributed by atoms with E-state index >= 15 is 0 Å². The highest BCUT2D eigenvalue weighted by atomic mass is 16.6. The molecule has 1 rings (SSSR count). The van der Waals surface area contributed by atoms with Crippen molar-refractivity contribution in [3.05, 3.63) is 0 Å². The molecular weight excluding hydrogens is 198 g/mol. The maximum absolute atomic E-state index is 11.2. The number of carboxylic acids is 1. The van der Waals surface area contributed by atoms with Crippen LogP contribution in [0.1, 0.15) is 32.1 Å². The first-order valence-electron chi connectivity index (χ1n) is 5.33. The molecule has 1 heterocycles. The van der Waals surface area contributed by atoms with Crippen LogP contribution in [-0.2, 0) is 9.53 Å². The second-order valence-electron chi connectivity index (χ2n) is 3.66. The zero-order valence-corrected chi connectivity index (χ0v) is 8.78. The largest absolute Gasteiger partial charge is 0.481 e. The van der Waals surface area contributed by atoms with Crippen molar-refractivity contribution >= 4 is 12.1 Å². The summed E-state index contributed by atoms with van der Waals surface area (Å²) in [5.74, 6) is -0.757. The van der Waals surface area contributed by atoms with Crippen LogP contribution in [0.3, 0.4) is 0 Å². The van der Waals surface area contributed by atoms with Crippen LogP contribution in [0.4, 0.5) is 4.79 Å². The van der Waals surface area contributed by atoms with Gasteiger partial charge >= 0.3 is 12.1 Å². The number of unbranched alkanes of at least 4 members (excludes halogenated alkanes) is 2. The van der Waals surface area contributed by atoms with Gasteiger partial charge in [0.15, 0.2) is 0 Å². The fourth-order valence-corrected chi connectivity index (χ4v) is 1.56. The Morgan fingerprint density at radius 1 is 1.40 bits per heavy atom. The number of amides is 1. The third-order valence-electron chi connectivity index (χ3n) is 2.37. The molecule has 1 fully saturated rings. The molecule has 0 radical (unpaired) electrons. The van der Waals surface area contributed by atoms with Crippen LogP contribution in [0.5, 0.6) is 0 Å². The van der Waals surface area contributed by atoms with E-state index in [0.717, 1.165) is 25.8 Å². The van der Waals surface area contributed by atoms with Gasteiger partial charge in [0.25, 0.3) is 0 Å². The molecule has 15 heavy (non-hydrogen) atoms. The van der Waals surface area contributed by atoms with E-state index in [1.165, 1.54) is 0 Å². The van der Waals surface area contributed by atoms with Gasteiger partial charge in [-0.15, -0.1) is 0 Å². The normalized spacial score (nSPS) is 16.3. The van der Waals surface area contributed by atoms with Crippen molar-refractivity contribution in [3.8, 4) is 0 Å². The summed E-state index contributed by atoms with van der Waals surface area (Å²) >= 11 is 0. The summed E-state index contributed by atoms with van der Waals surface area (Å²) in [5, 5.41) is 8.42. The minimum absolute atomic E-state index is 0.213. The maximum atomic E-state index is 11.2. The van der Waals surface area contributed by atoms with E-state index in [4.69, 9.17) is 9.84 Å². The number of ether oxygens (including phenoxy) is 1. The van der Waals surface area contributed by atoms with Crippen molar-refractivity contribution in [1.29, 1.82) is 0 Å². The summed E-state index contributed by atoms with van der Waals surface area (Å²) in [6, 6.07) is 0. The first kappa shape index (κ1) is 11.8. The van der Waals surface area contributed by atoms with Crippen LogP contribution >= 0.6 is 0 Å². The smallest absolute Gasteiger partial charge is 0.409 e. The lowest BCUT2D eigenvalue weighted by Crippen LogP contribution is -2.38. The van der Waals surface area contributed by atoms with Gasteiger partial charge in [0.2, 0.25) is 0 Å². The Hall–Kier alpha value is -1.26. The molecule has 1 saturated heterocycles. The Bertz CT molecular complexity index is 229. The Labute approximate surface area is 89.0 Å². The van der Waals surface area contributed by atoms with Gasteiger partial charge in [0.05, 0.1) is 6.61 Å². The molecule has 0 saturated carbocycles. The lowest BCUT2D eigenvalue weighted by molar-refractivity contribution is -0.137. The predicted octanol–water partition coefficient (Wildman–Crippen LogP) is 1.47. The van der Waals surface area contributed by atoms with Gasteiger partial charge in [0, 0.05) is 19.5 Å². The quantitative estimate of drug-likeness (QED) is 0.681. The molecule has 0 atom stereocenters. The summed E-state index contributed by atoms with van der Waals surface area (Å²) in [7, 11) is 0. The number of carbonyl (C=O) groups is 2. The number of rotatable bonds is 6. The van der Waals surface area contributed by atoms with Crippen molar-refractivity contribution in [2.45, 2.75) is 32.1 Å². The molecule has 1 N–H and O–H groups in total. The Balaban J connectivity index is 2.03. The van der Waals surface area contributed by atoms with E-state index in [0.29, 0.717) is 19.6 Å².